The third-order valence-electron chi connectivity index (χ3n) is 5.71. The second-order valence-corrected chi connectivity index (χ2v) is 15.0. The van der Waals surface area contributed by atoms with Crippen molar-refractivity contribution in [3.8, 4) is 0 Å². The number of Topliss-reactive ketones (excluding diaryl/α,β-unsaturated/α-hetero) is 1. The number of fused-ring (bicyclic) bond motifs is 1. The predicted molar refractivity (Wildman–Crippen MR) is 105 cm³/mol. The summed E-state index contributed by atoms with van der Waals surface area (Å²) in [7, 11) is -1.98. The van der Waals surface area contributed by atoms with Crippen molar-refractivity contribution in [3.05, 3.63) is 0 Å². The molecule has 27 heavy (non-hydrogen) atoms. The molecule has 2 saturated heterocycles. The summed E-state index contributed by atoms with van der Waals surface area (Å²) >= 11 is 0. The lowest BCUT2D eigenvalue weighted by atomic mass is 9.88. The van der Waals surface area contributed by atoms with E-state index in [2.05, 4.69) is 39.2 Å². The van der Waals surface area contributed by atoms with Crippen LogP contribution in [0.4, 0.5) is 4.79 Å². The summed E-state index contributed by atoms with van der Waals surface area (Å²) in [5.74, 6) is -0.273. The van der Waals surface area contributed by atoms with Gasteiger partial charge in [-0.1, -0.05) is 20.8 Å². The molecule has 3 atom stereocenters. The number of rotatable bonds is 5. The van der Waals surface area contributed by atoms with Gasteiger partial charge in [0.1, 0.15) is 11.6 Å². The van der Waals surface area contributed by atoms with Gasteiger partial charge < -0.3 is 14.5 Å². The number of hydrogen-bond acceptors (Lipinski definition) is 5. The fraction of sp³-hybridized carbons (Fsp3) is 0.842. The highest BCUT2D eigenvalue weighted by Gasteiger charge is 2.56. The number of nitrogens with zero attached hydrogens (tertiary/aromatic N) is 1. The molecule has 0 aromatic rings. The van der Waals surface area contributed by atoms with Crippen molar-refractivity contribution in [2.45, 2.75) is 83.8 Å². The van der Waals surface area contributed by atoms with Gasteiger partial charge in [0, 0.05) is 18.9 Å². The molecule has 2 fully saturated rings. The molecule has 0 aromatic heterocycles. The standard InChI is InChI=1S/C19H34N2O5Si/c1-18(2,3)26-17(24)21-10-12(14-15(21)16(23)20-14)9-13(22)11-25-27(7,8)19(4,5)6/h12,14-15H,9-11H2,1-8H3,(H,20,23)/t12-,14-,15+/m1/s1. The summed E-state index contributed by atoms with van der Waals surface area (Å²) in [6.45, 7) is 16.4. The van der Waals surface area contributed by atoms with Gasteiger partial charge in [0.25, 0.3) is 0 Å². The molecular formula is C19H34N2O5Si. The maximum absolute atomic E-state index is 12.5. The SMILES string of the molecule is CC(C)(C)OC(=O)N1C[C@@H](CC(=O)CO[Si](C)(C)C(C)(C)C)[C@H]2NC(=O)[C@H]21. The molecule has 0 aliphatic carbocycles. The number of carbonyl (C=O) groups excluding carboxylic acids is 3. The molecular weight excluding hydrogens is 364 g/mol. The zero-order valence-corrected chi connectivity index (χ0v) is 18.8. The number of nitrogens with one attached hydrogen (secondary N) is 1. The zero-order valence-electron chi connectivity index (χ0n) is 17.8. The largest absolute Gasteiger partial charge is 0.444 e. The Morgan fingerprint density at radius 3 is 2.26 bits per heavy atom. The molecule has 0 saturated carbocycles. The number of carbonyl (C=O) groups is 3. The summed E-state index contributed by atoms with van der Waals surface area (Å²) < 4.78 is 11.4. The lowest BCUT2D eigenvalue weighted by molar-refractivity contribution is -0.135. The second-order valence-electron chi connectivity index (χ2n) is 10.2. The van der Waals surface area contributed by atoms with Crippen LogP contribution in [0.3, 0.4) is 0 Å². The molecule has 2 aliphatic rings. The molecule has 0 bridgehead atoms. The Balaban J connectivity index is 1.95. The minimum absolute atomic E-state index is 0.00997. The third-order valence-corrected chi connectivity index (χ3v) is 10.2. The number of hydrogen-bond donors (Lipinski definition) is 1. The fourth-order valence-corrected chi connectivity index (χ4v) is 4.07. The van der Waals surface area contributed by atoms with Crippen LogP contribution < -0.4 is 5.32 Å². The van der Waals surface area contributed by atoms with Gasteiger partial charge in [0.15, 0.2) is 14.1 Å². The smallest absolute Gasteiger partial charge is 0.411 e. The normalized spacial score (nSPS) is 25.6. The average molecular weight is 399 g/mol. The summed E-state index contributed by atoms with van der Waals surface area (Å²) in [6, 6.07) is -0.708. The topological polar surface area (TPSA) is 84.9 Å². The van der Waals surface area contributed by atoms with Crippen LogP contribution in [0.15, 0.2) is 0 Å². The van der Waals surface area contributed by atoms with Crippen LogP contribution in [0.2, 0.25) is 18.1 Å². The van der Waals surface area contributed by atoms with Crippen LogP contribution in [0.25, 0.3) is 0 Å². The van der Waals surface area contributed by atoms with Crippen LogP contribution in [0.1, 0.15) is 48.0 Å². The summed E-state index contributed by atoms with van der Waals surface area (Å²) in [5, 5.41) is 2.87. The van der Waals surface area contributed by atoms with Crippen molar-refractivity contribution in [3.63, 3.8) is 0 Å². The van der Waals surface area contributed by atoms with E-state index in [1.807, 2.05) is 0 Å². The molecule has 2 aliphatic heterocycles. The molecule has 0 unspecified atom stereocenters. The first kappa shape index (κ1) is 21.9. The lowest BCUT2D eigenvalue weighted by Crippen LogP contribution is -2.66. The van der Waals surface area contributed by atoms with Crippen LogP contribution in [-0.2, 0) is 18.8 Å². The van der Waals surface area contributed by atoms with E-state index in [4.69, 9.17) is 9.16 Å². The van der Waals surface area contributed by atoms with Crippen LogP contribution in [0.5, 0.6) is 0 Å². The Hall–Kier alpha value is -1.41. The minimum Gasteiger partial charge on any atom is -0.444 e. The van der Waals surface area contributed by atoms with E-state index in [1.165, 1.54) is 4.90 Å². The lowest BCUT2D eigenvalue weighted by Gasteiger charge is -2.37. The molecule has 2 rings (SSSR count). The van der Waals surface area contributed by atoms with Crippen molar-refractivity contribution in [2.75, 3.05) is 13.2 Å². The molecule has 2 amide bonds. The Bertz CT molecular complexity index is 621. The molecule has 0 aromatic carbocycles. The predicted octanol–water partition coefficient (Wildman–Crippen LogP) is 2.70. The maximum atomic E-state index is 12.5. The highest BCUT2D eigenvalue weighted by atomic mass is 28.4. The van der Waals surface area contributed by atoms with Crippen molar-refractivity contribution >= 4 is 26.1 Å². The van der Waals surface area contributed by atoms with Crippen LogP contribution >= 0.6 is 0 Å². The van der Waals surface area contributed by atoms with Gasteiger partial charge in [-0.15, -0.1) is 0 Å². The highest BCUT2D eigenvalue weighted by Crippen LogP contribution is 2.37. The Kier molecular flexibility index (Phi) is 5.84. The molecule has 2 heterocycles. The number of likely N-dealkylation sites (tertiary alicyclic amines) is 1. The Labute approximate surface area is 163 Å². The van der Waals surface area contributed by atoms with Gasteiger partial charge in [0.05, 0.1) is 12.6 Å². The summed E-state index contributed by atoms with van der Waals surface area (Å²) in [4.78, 5) is 38.3. The second kappa shape index (κ2) is 7.20. The quantitative estimate of drug-likeness (QED) is 0.568. The Morgan fingerprint density at radius 2 is 1.78 bits per heavy atom. The average Bonchev–Trinajstić information content (AvgIpc) is 2.75. The monoisotopic (exact) mass is 398 g/mol. The minimum atomic E-state index is -1.98. The van der Waals surface area contributed by atoms with Crippen molar-refractivity contribution in [1.82, 2.24) is 10.2 Å². The number of ether oxygens (including phenoxy) is 1. The van der Waals surface area contributed by atoms with Gasteiger partial charge in [-0.2, -0.15) is 0 Å². The summed E-state index contributed by atoms with van der Waals surface area (Å²) in [6.07, 6.45) is -0.213. The third kappa shape index (κ3) is 4.90. The van der Waals surface area contributed by atoms with Gasteiger partial charge >= 0.3 is 6.09 Å². The van der Waals surface area contributed by atoms with Crippen molar-refractivity contribution in [2.24, 2.45) is 5.92 Å². The van der Waals surface area contributed by atoms with E-state index in [0.717, 1.165) is 0 Å². The van der Waals surface area contributed by atoms with Gasteiger partial charge in [-0.3, -0.25) is 14.5 Å². The molecule has 7 nitrogen and oxygen atoms in total. The van der Waals surface area contributed by atoms with Gasteiger partial charge in [0.2, 0.25) is 5.91 Å². The molecule has 154 valence electrons. The maximum Gasteiger partial charge on any atom is 0.411 e. The van der Waals surface area contributed by atoms with E-state index in [1.54, 1.807) is 20.8 Å². The molecule has 1 N–H and O–H groups in total. The van der Waals surface area contributed by atoms with Crippen LogP contribution in [-0.4, -0.2) is 61.8 Å². The molecule has 0 spiro atoms. The first-order valence-electron chi connectivity index (χ1n) is 9.58. The number of ketones is 1. The van der Waals surface area contributed by atoms with Crippen molar-refractivity contribution < 1.29 is 23.5 Å². The van der Waals surface area contributed by atoms with Gasteiger partial charge in [-0.05, 0) is 38.9 Å². The first-order valence-corrected chi connectivity index (χ1v) is 12.5. The van der Waals surface area contributed by atoms with Crippen molar-refractivity contribution in [1.29, 1.82) is 0 Å². The van der Waals surface area contributed by atoms with Gasteiger partial charge in [-0.25, -0.2) is 4.79 Å². The fourth-order valence-electron chi connectivity index (χ4n) is 3.12. The highest BCUT2D eigenvalue weighted by molar-refractivity contribution is 6.74. The summed E-state index contributed by atoms with van der Waals surface area (Å²) in [5.41, 5.74) is -0.627. The van der Waals surface area contributed by atoms with E-state index in [9.17, 15) is 14.4 Å². The van der Waals surface area contributed by atoms with Crippen LogP contribution in [0, 0.1) is 5.92 Å². The zero-order chi connectivity index (χ0) is 20.8. The van der Waals surface area contributed by atoms with E-state index in [-0.39, 0.29) is 41.7 Å². The van der Waals surface area contributed by atoms with E-state index < -0.39 is 26.1 Å². The van der Waals surface area contributed by atoms with E-state index in [0.29, 0.717) is 6.54 Å². The number of amides is 2. The number of β-lactam (4-membered cyclic amide) rings is 1. The Morgan fingerprint density at radius 1 is 1.19 bits per heavy atom. The molecule has 0 radical (unpaired) electrons. The first-order chi connectivity index (χ1) is 12.1. The molecule has 8 heteroatoms. The van der Waals surface area contributed by atoms with E-state index >= 15 is 0 Å².